The van der Waals surface area contributed by atoms with Gasteiger partial charge in [-0.1, -0.05) is 12.1 Å². The first-order valence-corrected chi connectivity index (χ1v) is 11.3. The number of nitrogens with zero attached hydrogens (tertiary/aromatic N) is 2. The summed E-state index contributed by atoms with van der Waals surface area (Å²) in [5.41, 5.74) is 5.98. The number of phenolic OH excluding ortho intramolecular Hbond substituents is 3. The van der Waals surface area contributed by atoms with Crippen LogP contribution in [0.4, 0.5) is 0 Å². The average Bonchev–Trinajstić information content (AvgIpc) is 3.21. The second-order valence-electron chi connectivity index (χ2n) is 7.60. The number of phenols is 3. The first-order chi connectivity index (χ1) is 16.0. The summed E-state index contributed by atoms with van der Waals surface area (Å²) in [5, 5.41) is 34.6. The van der Waals surface area contributed by atoms with Crippen molar-refractivity contribution >= 4 is 22.6 Å². The van der Waals surface area contributed by atoms with Crippen molar-refractivity contribution in [3.05, 3.63) is 101 Å². The standard InChI is InChI=1S/C27H19IN2O3/c28-20-7-9-21(10-8-20)30-27(19-5-15-24(33)16-6-19)25(17-1-11-22(31)12-2-17)26(29-30)18-3-13-23(32)14-4-18/h1-16,31-33H. The van der Waals surface area contributed by atoms with E-state index in [-0.39, 0.29) is 17.2 Å². The highest BCUT2D eigenvalue weighted by Crippen LogP contribution is 2.42. The molecule has 0 radical (unpaired) electrons. The van der Waals surface area contributed by atoms with Gasteiger partial charge in [0.05, 0.1) is 11.4 Å². The van der Waals surface area contributed by atoms with Crippen LogP contribution in [-0.4, -0.2) is 25.1 Å². The fourth-order valence-electron chi connectivity index (χ4n) is 3.80. The van der Waals surface area contributed by atoms with Crippen LogP contribution in [-0.2, 0) is 0 Å². The number of halogens is 1. The Morgan fingerprint density at radius 3 is 1.52 bits per heavy atom. The topological polar surface area (TPSA) is 78.5 Å². The van der Waals surface area contributed by atoms with Gasteiger partial charge in [0.15, 0.2) is 0 Å². The molecule has 6 heteroatoms. The minimum atomic E-state index is 0.181. The first kappa shape index (κ1) is 21.1. The van der Waals surface area contributed by atoms with Gasteiger partial charge in [0.1, 0.15) is 22.9 Å². The van der Waals surface area contributed by atoms with E-state index in [9.17, 15) is 15.3 Å². The number of hydrogen-bond acceptors (Lipinski definition) is 4. The van der Waals surface area contributed by atoms with Gasteiger partial charge in [-0.15, -0.1) is 0 Å². The molecular weight excluding hydrogens is 527 g/mol. The van der Waals surface area contributed by atoms with E-state index >= 15 is 0 Å². The Kier molecular flexibility index (Phi) is 5.51. The van der Waals surface area contributed by atoms with E-state index in [2.05, 4.69) is 22.6 Å². The lowest BCUT2D eigenvalue weighted by Crippen LogP contribution is -1.99. The van der Waals surface area contributed by atoms with Crippen molar-refractivity contribution in [1.29, 1.82) is 0 Å². The predicted molar refractivity (Wildman–Crippen MR) is 138 cm³/mol. The molecular formula is C27H19IN2O3. The minimum absolute atomic E-state index is 0.181. The number of aromatic hydroxyl groups is 3. The van der Waals surface area contributed by atoms with Crippen LogP contribution < -0.4 is 0 Å². The Balaban J connectivity index is 1.86. The highest BCUT2D eigenvalue weighted by Gasteiger charge is 2.23. The monoisotopic (exact) mass is 546 g/mol. The van der Waals surface area contributed by atoms with Crippen molar-refractivity contribution in [2.75, 3.05) is 0 Å². The summed E-state index contributed by atoms with van der Waals surface area (Å²) in [6.07, 6.45) is 0. The summed E-state index contributed by atoms with van der Waals surface area (Å²) in [7, 11) is 0. The molecule has 162 valence electrons. The van der Waals surface area contributed by atoms with Crippen LogP contribution >= 0.6 is 22.6 Å². The molecule has 5 aromatic rings. The van der Waals surface area contributed by atoms with Gasteiger partial charge in [-0.3, -0.25) is 0 Å². The SMILES string of the molecule is Oc1ccc(-c2nn(-c3ccc(I)cc3)c(-c3ccc(O)cc3)c2-c2ccc(O)cc2)cc1. The molecule has 0 bridgehead atoms. The minimum Gasteiger partial charge on any atom is -0.508 e. The zero-order valence-corrected chi connectivity index (χ0v) is 19.5. The Labute approximate surface area is 204 Å². The lowest BCUT2D eigenvalue weighted by Gasteiger charge is -2.11. The second-order valence-corrected chi connectivity index (χ2v) is 8.85. The van der Waals surface area contributed by atoms with Gasteiger partial charge in [0, 0.05) is 20.3 Å². The summed E-state index contributed by atoms with van der Waals surface area (Å²) >= 11 is 2.27. The zero-order valence-electron chi connectivity index (χ0n) is 17.4. The molecule has 0 saturated carbocycles. The summed E-state index contributed by atoms with van der Waals surface area (Å²) in [4.78, 5) is 0. The van der Waals surface area contributed by atoms with E-state index in [0.717, 1.165) is 42.9 Å². The Morgan fingerprint density at radius 2 is 1.00 bits per heavy atom. The number of rotatable bonds is 4. The molecule has 5 nitrogen and oxygen atoms in total. The third-order valence-electron chi connectivity index (χ3n) is 5.39. The molecule has 0 atom stereocenters. The van der Waals surface area contributed by atoms with Crippen molar-refractivity contribution in [2.24, 2.45) is 0 Å². The lowest BCUT2D eigenvalue weighted by molar-refractivity contribution is 0.475. The van der Waals surface area contributed by atoms with E-state index < -0.39 is 0 Å². The molecule has 1 aromatic heterocycles. The molecule has 0 fully saturated rings. The van der Waals surface area contributed by atoms with E-state index in [1.165, 1.54) is 0 Å². The smallest absolute Gasteiger partial charge is 0.115 e. The maximum atomic E-state index is 9.87. The van der Waals surface area contributed by atoms with Gasteiger partial charge in [-0.25, -0.2) is 4.68 Å². The van der Waals surface area contributed by atoms with E-state index in [4.69, 9.17) is 5.10 Å². The summed E-state index contributed by atoms with van der Waals surface area (Å²) in [5.74, 6) is 0.547. The van der Waals surface area contributed by atoms with Gasteiger partial charge in [0.25, 0.3) is 0 Å². The quantitative estimate of drug-likeness (QED) is 0.222. The van der Waals surface area contributed by atoms with Crippen molar-refractivity contribution < 1.29 is 15.3 Å². The van der Waals surface area contributed by atoms with Crippen molar-refractivity contribution in [3.8, 4) is 56.6 Å². The summed E-state index contributed by atoms with van der Waals surface area (Å²) in [6, 6.07) is 29.1. The fraction of sp³-hybridized carbons (Fsp3) is 0. The highest BCUT2D eigenvalue weighted by molar-refractivity contribution is 14.1. The number of aromatic nitrogens is 2. The van der Waals surface area contributed by atoms with Crippen LogP contribution in [0.1, 0.15) is 0 Å². The Morgan fingerprint density at radius 1 is 0.545 bits per heavy atom. The summed E-state index contributed by atoms with van der Waals surface area (Å²) in [6.45, 7) is 0. The van der Waals surface area contributed by atoms with Gasteiger partial charge in [0.2, 0.25) is 0 Å². The van der Waals surface area contributed by atoms with Crippen LogP contribution in [0.25, 0.3) is 39.3 Å². The van der Waals surface area contributed by atoms with Gasteiger partial charge < -0.3 is 15.3 Å². The molecule has 0 saturated heterocycles. The molecule has 4 aromatic carbocycles. The average molecular weight is 546 g/mol. The maximum Gasteiger partial charge on any atom is 0.115 e. The third-order valence-corrected chi connectivity index (χ3v) is 6.11. The molecule has 0 aliphatic rings. The van der Waals surface area contributed by atoms with Crippen LogP contribution in [0.5, 0.6) is 17.2 Å². The predicted octanol–water partition coefficient (Wildman–Crippen LogP) is 6.59. The second kappa shape index (κ2) is 8.63. The maximum absolute atomic E-state index is 9.87. The van der Waals surface area contributed by atoms with Gasteiger partial charge in [-0.2, -0.15) is 5.10 Å². The molecule has 5 rings (SSSR count). The van der Waals surface area contributed by atoms with Crippen LogP contribution in [0.15, 0.2) is 97.1 Å². The van der Waals surface area contributed by atoms with Crippen molar-refractivity contribution in [3.63, 3.8) is 0 Å². The van der Waals surface area contributed by atoms with Crippen molar-refractivity contribution in [1.82, 2.24) is 9.78 Å². The van der Waals surface area contributed by atoms with E-state index in [1.807, 2.05) is 65.3 Å². The highest BCUT2D eigenvalue weighted by atomic mass is 127. The molecule has 0 spiro atoms. The molecule has 0 unspecified atom stereocenters. The Hall–Kier alpha value is -3.78. The zero-order chi connectivity index (χ0) is 22.9. The number of benzene rings is 4. The van der Waals surface area contributed by atoms with Crippen molar-refractivity contribution in [2.45, 2.75) is 0 Å². The molecule has 3 N–H and O–H groups in total. The molecule has 1 heterocycles. The van der Waals surface area contributed by atoms with Gasteiger partial charge >= 0.3 is 0 Å². The molecule has 0 amide bonds. The molecule has 33 heavy (non-hydrogen) atoms. The normalized spacial score (nSPS) is 10.9. The van der Waals surface area contributed by atoms with Crippen LogP contribution in [0, 0.1) is 3.57 Å². The third kappa shape index (κ3) is 4.17. The largest absolute Gasteiger partial charge is 0.508 e. The van der Waals surface area contributed by atoms with E-state index in [1.54, 1.807) is 36.4 Å². The van der Waals surface area contributed by atoms with E-state index in [0.29, 0.717) is 0 Å². The lowest BCUT2D eigenvalue weighted by atomic mass is 9.95. The van der Waals surface area contributed by atoms with Crippen LogP contribution in [0.2, 0.25) is 0 Å². The van der Waals surface area contributed by atoms with Gasteiger partial charge in [-0.05, 0) is 113 Å². The summed E-state index contributed by atoms with van der Waals surface area (Å²) < 4.78 is 3.01. The van der Waals surface area contributed by atoms with Crippen LogP contribution in [0.3, 0.4) is 0 Å². The Bertz CT molecular complexity index is 1300. The fourth-order valence-corrected chi connectivity index (χ4v) is 4.16. The molecule has 0 aliphatic carbocycles. The number of hydrogen-bond donors (Lipinski definition) is 3. The first-order valence-electron chi connectivity index (χ1n) is 10.3. The molecule has 0 aliphatic heterocycles.